The molecule has 0 saturated carbocycles. The lowest BCUT2D eigenvalue weighted by Crippen LogP contribution is -2.38. The van der Waals surface area contributed by atoms with Gasteiger partial charge in [0.25, 0.3) is 0 Å². The predicted molar refractivity (Wildman–Crippen MR) is 59.5 cm³/mol. The highest BCUT2D eigenvalue weighted by molar-refractivity contribution is 5.85. The molecule has 1 aromatic rings. The molecule has 0 spiro atoms. The number of nitrogens with one attached hydrogen (secondary N) is 1. The Morgan fingerprint density at radius 3 is 3.07 bits per heavy atom. The van der Waals surface area contributed by atoms with Gasteiger partial charge in [-0.15, -0.1) is 24.8 Å². The minimum Gasteiger partial charge on any atom is -0.468 e. The number of ether oxygens (including phenoxy) is 1. The van der Waals surface area contributed by atoms with Crippen molar-refractivity contribution in [3.8, 4) is 0 Å². The Balaban J connectivity index is 0.000000980. The van der Waals surface area contributed by atoms with Gasteiger partial charge in [-0.3, -0.25) is 10.00 Å². The number of halogens is 2. The lowest BCUT2D eigenvalue weighted by Gasteiger charge is -2.22. The molecule has 0 amide bonds. The second-order valence-corrected chi connectivity index (χ2v) is 2.89. The van der Waals surface area contributed by atoms with Crippen LogP contribution < -0.4 is 5.32 Å². The number of rotatable bonds is 1. The van der Waals surface area contributed by atoms with Crippen molar-refractivity contribution < 1.29 is 9.53 Å². The van der Waals surface area contributed by atoms with Gasteiger partial charge in [0.1, 0.15) is 6.04 Å². The maximum Gasteiger partial charge on any atom is 0.329 e. The Kier molecular flexibility index (Phi) is 5.64. The largest absolute Gasteiger partial charge is 0.468 e. The Morgan fingerprint density at radius 1 is 1.67 bits per heavy atom. The summed E-state index contributed by atoms with van der Waals surface area (Å²) in [6.45, 7) is 1.55. The van der Waals surface area contributed by atoms with Gasteiger partial charge >= 0.3 is 5.97 Å². The number of aromatic nitrogens is 2. The maximum absolute atomic E-state index is 11.3. The van der Waals surface area contributed by atoms with Crippen molar-refractivity contribution in [2.45, 2.75) is 12.6 Å². The fourth-order valence-corrected chi connectivity index (χ4v) is 1.52. The molecule has 0 aliphatic carbocycles. The normalized spacial score (nSPS) is 18.1. The van der Waals surface area contributed by atoms with Gasteiger partial charge in [-0.05, 0) is 6.07 Å². The van der Waals surface area contributed by atoms with Crippen LogP contribution in [0, 0.1) is 0 Å². The molecule has 0 aromatic carbocycles. The fourth-order valence-electron chi connectivity index (χ4n) is 1.52. The van der Waals surface area contributed by atoms with Crippen LogP contribution >= 0.6 is 24.8 Å². The topological polar surface area (TPSA) is 56.1 Å². The van der Waals surface area contributed by atoms with E-state index in [9.17, 15) is 4.79 Å². The zero-order valence-electron chi connectivity index (χ0n) is 8.17. The van der Waals surface area contributed by atoms with E-state index in [0.717, 1.165) is 18.8 Å². The predicted octanol–water partition coefficient (Wildman–Crippen LogP) is 0.544. The van der Waals surface area contributed by atoms with Crippen molar-refractivity contribution in [2.24, 2.45) is 0 Å². The van der Waals surface area contributed by atoms with Crippen LogP contribution in [0.2, 0.25) is 0 Å². The second kappa shape index (κ2) is 5.95. The number of hydrogen-bond donors (Lipinski definition) is 1. The summed E-state index contributed by atoms with van der Waals surface area (Å²) in [6.07, 6.45) is 1.69. The molecule has 86 valence electrons. The standard InChI is InChI=1S/C8H11N3O2.2ClH/c1-13-8(12)7-6-2-3-10-11(6)5-4-9-7;;/h2-3,7,9H,4-5H2,1H3;2*1H. The summed E-state index contributed by atoms with van der Waals surface area (Å²) < 4.78 is 6.49. The number of esters is 1. The molecule has 5 nitrogen and oxygen atoms in total. The van der Waals surface area contributed by atoms with Crippen LogP contribution in [0.4, 0.5) is 0 Å². The van der Waals surface area contributed by atoms with Crippen LogP contribution in [-0.4, -0.2) is 29.4 Å². The minimum absolute atomic E-state index is 0. The lowest BCUT2D eigenvalue weighted by molar-refractivity contribution is -0.143. The van der Waals surface area contributed by atoms with Crippen molar-refractivity contribution in [1.29, 1.82) is 0 Å². The van der Waals surface area contributed by atoms with E-state index in [1.807, 2.05) is 10.7 Å². The average molecular weight is 254 g/mol. The molecule has 15 heavy (non-hydrogen) atoms. The summed E-state index contributed by atoms with van der Waals surface area (Å²) >= 11 is 0. The molecule has 7 heteroatoms. The highest BCUT2D eigenvalue weighted by Crippen LogP contribution is 2.16. The van der Waals surface area contributed by atoms with E-state index >= 15 is 0 Å². The van der Waals surface area contributed by atoms with Crippen LogP contribution in [0.3, 0.4) is 0 Å². The fraction of sp³-hybridized carbons (Fsp3) is 0.500. The van der Waals surface area contributed by atoms with Crippen molar-refractivity contribution in [3.05, 3.63) is 18.0 Å². The number of carbonyl (C=O) groups is 1. The summed E-state index contributed by atoms with van der Waals surface area (Å²) in [5, 5.41) is 7.17. The van der Waals surface area contributed by atoms with Gasteiger partial charge in [0.2, 0.25) is 0 Å². The Morgan fingerprint density at radius 2 is 2.40 bits per heavy atom. The quantitative estimate of drug-likeness (QED) is 0.743. The zero-order chi connectivity index (χ0) is 9.26. The van der Waals surface area contributed by atoms with Crippen LogP contribution in [0.5, 0.6) is 0 Å². The number of methoxy groups -OCH3 is 1. The molecule has 0 radical (unpaired) electrons. The van der Waals surface area contributed by atoms with E-state index in [0.29, 0.717) is 0 Å². The molecule has 0 fully saturated rings. The highest BCUT2D eigenvalue weighted by atomic mass is 35.5. The molecule has 1 N–H and O–H groups in total. The molecule has 1 atom stereocenters. The molecule has 1 aromatic heterocycles. The first-order valence-electron chi connectivity index (χ1n) is 4.16. The first-order chi connectivity index (χ1) is 6.33. The van der Waals surface area contributed by atoms with Gasteiger partial charge in [0, 0.05) is 12.7 Å². The Bertz CT molecular complexity index is 329. The summed E-state index contributed by atoms with van der Waals surface area (Å²) in [6, 6.07) is 1.47. The SMILES string of the molecule is COC(=O)C1NCCn2nccc21.Cl.Cl. The summed E-state index contributed by atoms with van der Waals surface area (Å²) in [5.41, 5.74) is 0.873. The van der Waals surface area contributed by atoms with E-state index in [1.165, 1.54) is 7.11 Å². The van der Waals surface area contributed by atoms with Crippen LogP contribution in [0.1, 0.15) is 11.7 Å². The van der Waals surface area contributed by atoms with E-state index < -0.39 is 0 Å². The third-order valence-electron chi connectivity index (χ3n) is 2.15. The first-order valence-corrected chi connectivity index (χ1v) is 4.16. The molecule has 0 saturated heterocycles. The number of nitrogens with zero attached hydrogens (tertiary/aromatic N) is 2. The van der Waals surface area contributed by atoms with Gasteiger partial charge in [0.05, 0.1) is 19.3 Å². The van der Waals surface area contributed by atoms with Crippen molar-refractivity contribution in [2.75, 3.05) is 13.7 Å². The first kappa shape index (κ1) is 14.2. The number of fused-ring (bicyclic) bond motifs is 1. The second-order valence-electron chi connectivity index (χ2n) is 2.89. The molecule has 1 unspecified atom stereocenters. The molecule has 1 aliphatic heterocycles. The maximum atomic E-state index is 11.3. The third kappa shape index (κ3) is 2.62. The highest BCUT2D eigenvalue weighted by Gasteiger charge is 2.27. The molecule has 0 bridgehead atoms. The van der Waals surface area contributed by atoms with E-state index in [1.54, 1.807) is 6.20 Å². The van der Waals surface area contributed by atoms with Crippen molar-refractivity contribution in [1.82, 2.24) is 15.1 Å². The summed E-state index contributed by atoms with van der Waals surface area (Å²) in [7, 11) is 1.39. The molecule has 2 heterocycles. The van der Waals surface area contributed by atoms with Gasteiger partial charge in [-0.2, -0.15) is 5.10 Å². The number of hydrogen-bond acceptors (Lipinski definition) is 4. The molecular weight excluding hydrogens is 241 g/mol. The smallest absolute Gasteiger partial charge is 0.329 e. The van der Waals surface area contributed by atoms with Crippen LogP contribution in [0.25, 0.3) is 0 Å². The lowest BCUT2D eigenvalue weighted by atomic mass is 10.2. The van der Waals surface area contributed by atoms with Crippen molar-refractivity contribution >= 4 is 30.8 Å². The van der Waals surface area contributed by atoms with Gasteiger partial charge in [-0.1, -0.05) is 0 Å². The zero-order valence-corrected chi connectivity index (χ0v) is 9.81. The molecule has 2 rings (SSSR count). The van der Waals surface area contributed by atoms with Gasteiger partial charge in [-0.25, -0.2) is 4.79 Å². The third-order valence-corrected chi connectivity index (χ3v) is 2.15. The summed E-state index contributed by atoms with van der Waals surface area (Å²) in [4.78, 5) is 11.3. The van der Waals surface area contributed by atoms with Gasteiger partial charge < -0.3 is 4.74 Å². The monoisotopic (exact) mass is 253 g/mol. The van der Waals surface area contributed by atoms with Gasteiger partial charge in [0.15, 0.2) is 0 Å². The molecule has 1 aliphatic rings. The van der Waals surface area contributed by atoms with Crippen LogP contribution in [-0.2, 0) is 16.1 Å². The van der Waals surface area contributed by atoms with E-state index in [4.69, 9.17) is 0 Å². The Labute approximate surface area is 100.0 Å². The minimum atomic E-state index is -0.360. The average Bonchev–Trinajstić information content (AvgIpc) is 2.63. The molecular formula is C8H13Cl2N3O2. The van der Waals surface area contributed by atoms with E-state index in [2.05, 4.69) is 15.2 Å². The van der Waals surface area contributed by atoms with Crippen LogP contribution in [0.15, 0.2) is 12.3 Å². The van der Waals surface area contributed by atoms with E-state index in [-0.39, 0.29) is 36.8 Å². The Hall–Kier alpha value is -0.780. The number of carbonyl (C=O) groups excluding carboxylic acids is 1. The summed E-state index contributed by atoms with van der Waals surface area (Å²) in [5.74, 6) is -0.263. The van der Waals surface area contributed by atoms with Crippen molar-refractivity contribution in [3.63, 3.8) is 0 Å².